The number of carbonyl (C=O) groups excluding carboxylic acids is 1. The number of nitrogens with one attached hydrogen (secondary N) is 1. The van der Waals surface area contributed by atoms with Gasteiger partial charge in [0.2, 0.25) is 5.91 Å². The van der Waals surface area contributed by atoms with E-state index in [-0.39, 0.29) is 24.5 Å². The van der Waals surface area contributed by atoms with E-state index in [2.05, 4.69) is 5.32 Å². The van der Waals surface area contributed by atoms with Gasteiger partial charge in [0.1, 0.15) is 0 Å². The zero-order valence-corrected chi connectivity index (χ0v) is 8.75. The number of rotatable bonds is 5. The molecule has 1 amide bonds. The molecule has 6 heteroatoms. The second kappa shape index (κ2) is 5.37. The molecule has 0 spiro atoms. The van der Waals surface area contributed by atoms with Crippen molar-refractivity contribution in [1.29, 1.82) is 0 Å². The number of amides is 1. The van der Waals surface area contributed by atoms with E-state index in [9.17, 15) is 9.36 Å². The van der Waals surface area contributed by atoms with Crippen molar-refractivity contribution in [2.45, 2.75) is 20.3 Å². The van der Waals surface area contributed by atoms with Gasteiger partial charge in [0, 0.05) is 12.5 Å². The van der Waals surface area contributed by atoms with E-state index in [4.69, 9.17) is 9.79 Å². The Hall–Kier alpha value is -0.380. The Labute approximate surface area is 77.7 Å². The lowest BCUT2D eigenvalue weighted by molar-refractivity contribution is -0.124. The van der Waals surface area contributed by atoms with Crippen LogP contribution in [0.2, 0.25) is 0 Å². The fourth-order valence-electron chi connectivity index (χ4n) is 0.684. The predicted molar refractivity (Wildman–Crippen MR) is 49.4 cm³/mol. The quantitative estimate of drug-likeness (QED) is 0.569. The van der Waals surface area contributed by atoms with E-state index in [1.54, 1.807) is 6.92 Å². The lowest BCUT2D eigenvalue weighted by atomic mass is 10.1. The van der Waals surface area contributed by atoms with Crippen LogP contribution in [0.15, 0.2) is 0 Å². The van der Waals surface area contributed by atoms with Gasteiger partial charge in [-0.3, -0.25) is 9.36 Å². The summed E-state index contributed by atoms with van der Waals surface area (Å²) in [4.78, 5) is 28.1. The first kappa shape index (κ1) is 12.6. The molecule has 3 N–H and O–H groups in total. The molecule has 0 saturated heterocycles. The smallest absolute Gasteiger partial charge is 0.327 e. The molecule has 0 aliphatic rings. The van der Waals surface area contributed by atoms with Gasteiger partial charge in [0.25, 0.3) is 0 Å². The summed E-state index contributed by atoms with van der Waals surface area (Å²) in [5.41, 5.74) is 0. The highest BCUT2D eigenvalue weighted by Gasteiger charge is 2.14. The van der Waals surface area contributed by atoms with Gasteiger partial charge in [-0.1, -0.05) is 13.8 Å². The molecule has 1 atom stereocenters. The minimum atomic E-state index is -3.98. The van der Waals surface area contributed by atoms with Crippen LogP contribution in [0.5, 0.6) is 0 Å². The van der Waals surface area contributed by atoms with Crippen LogP contribution in [0.3, 0.4) is 0 Å². The van der Waals surface area contributed by atoms with Gasteiger partial charge in [-0.15, -0.1) is 0 Å². The standard InChI is InChI=1S/C7H16NO4P/c1-3-6(2)7(9)8-4-5-13(10,11)12/h6H,3-5H2,1-2H3,(H,8,9)(H2,10,11,12)/t6-/m0/s1. The predicted octanol–water partition coefficient (Wildman–Crippen LogP) is 0.326. The number of hydrogen-bond donors (Lipinski definition) is 3. The zero-order chi connectivity index (χ0) is 10.5. The Morgan fingerprint density at radius 3 is 2.46 bits per heavy atom. The Bertz CT molecular complexity index is 213. The molecular formula is C7H16NO4P. The van der Waals surface area contributed by atoms with E-state index < -0.39 is 7.60 Å². The Balaban J connectivity index is 3.66. The molecule has 0 saturated carbocycles. The van der Waals surface area contributed by atoms with Crippen molar-refractivity contribution in [3.63, 3.8) is 0 Å². The number of carbonyl (C=O) groups is 1. The van der Waals surface area contributed by atoms with Gasteiger partial charge in [0.15, 0.2) is 0 Å². The second-order valence-corrected chi connectivity index (χ2v) is 4.77. The fraction of sp³-hybridized carbons (Fsp3) is 0.857. The summed E-state index contributed by atoms with van der Waals surface area (Å²) >= 11 is 0. The highest BCUT2D eigenvalue weighted by molar-refractivity contribution is 7.51. The SMILES string of the molecule is CC[C@H](C)C(=O)NCCP(=O)(O)O. The summed E-state index contributed by atoms with van der Waals surface area (Å²) in [5.74, 6) is -0.257. The van der Waals surface area contributed by atoms with Crippen LogP contribution in [-0.4, -0.2) is 28.4 Å². The highest BCUT2D eigenvalue weighted by Crippen LogP contribution is 2.32. The van der Waals surface area contributed by atoms with Crippen molar-refractivity contribution in [3.8, 4) is 0 Å². The molecule has 0 aromatic carbocycles. The van der Waals surface area contributed by atoms with E-state index in [0.717, 1.165) is 6.42 Å². The topological polar surface area (TPSA) is 86.6 Å². The van der Waals surface area contributed by atoms with E-state index in [0.29, 0.717) is 0 Å². The van der Waals surface area contributed by atoms with Crippen LogP contribution >= 0.6 is 7.60 Å². The molecule has 0 aliphatic heterocycles. The fourth-order valence-corrected chi connectivity index (χ4v) is 1.09. The molecule has 5 nitrogen and oxygen atoms in total. The Morgan fingerprint density at radius 2 is 2.08 bits per heavy atom. The molecule has 0 rings (SSSR count). The molecular weight excluding hydrogens is 193 g/mol. The lowest BCUT2D eigenvalue weighted by Crippen LogP contribution is -2.31. The van der Waals surface area contributed by atoms with E-state index >= 15 is 0 Å². The molecule has 0 unspecified atom stereocenters. The van der Waals surface area contributed by atoms with Crippen molar-refractivity contribution in [3.05, 3.63) is 0 Å². The van der Waals surface area contributed by atoms with Gasteiger partial charge >= 0.3 is 7.60 Å². The van der Waals surface area contributed by atoms with Crippen LogP contribution in [0.4, 0.5) is 0 Å². The molecule has 0 aromatic heterocycles. The first-order valence-electron chi connectivity index (χ1n) is 4.19. The summed E-state index contributed by atoms with van der Waals surface area (Å²) < 4.78 is 10.4. The Kier molecular flexibility index (Phi) is 5.21. The monoisotopic (exact) mass is 209 g/mol. The maximum atomic E-state index is 11.1. The maximum Gasteiger partial charge on any atom is 0.327 e. The molecule has 13 heavy (non-hydrogen) atoms. The summed E-state index contributed by atoms with van der Waals surface area (Å²) in [7, 11) is -3.98. The summed E-state index contributed by atoms with van der Waals surface area (Å²) in [6.07, 6.45) is 0.427. The molecule has 0 bridgehead atoms. The maximum absolute atomic E-state index is 11.1. The largest absolute Gasteiger partial charge is 0.355 e. The third kappa shape index (κ3) is 6.75. The Morgan fingerprint density at radius 1 is 1.54 bits per heavy atom. The molecule has 0 aliphatic carbocycles. The molecule has 78 valence electrons. The highest BCUT2D eigenvalue weighted by atomic mass is 31.2. The molecule has 0 radical (unpaired) electrons. The first-order chi connectivity index (χ1) is 5.87. The van der Waals surface area contributed by atoms with Gasteiger partial charge in [-0.2, -0.15) is 0 Å². The molecule has 0 heterocycles. The average molecular weight is 209 g/mol. The van der Waals surface area contributed by atoms with Gasteiger partial charge in [-0.25, -0.2) is 0 Å². The molecule has 0 aromatic rings. The van der Waals surface area contributed by atoms with Crippen LogP contribution < -0.4 is 5.32 Å². The third-order valence-corrected chi connectivity index (χ3v) is 2.57. The summed E-state index contributed by atoms with van der Waals surface area (Å²) in [6.45, 7) is 3.69. The van der Waals surface area contributed by atoms with Gasteiger partial charge in [0.05, 0.1) is 6.16 Å². The van der Waals surface area contributed by atoms with Crippen molar-refractivity contribution >= 4 is 13.5 Å². The van der Waals surface area contributed by atoms with E-state index in [1.165, 1.54) is 0 Å². The van der Waals surface area contributed by atoms with Crippen LogP contribution in [0.1, 0.15) is 20.3 Å². The van der Waals surface area contributed by atoms with Crippen LogP contribution in [0, 0.1) is 5.92 Å². The summed E-state index contributed by atoms with van der Waals surface area (Å²) in [5, 5.41) is 2.46. The lowest BCUT2D eigenvalue weighted by Gasteiger charge is -2.09. The van der Waals surface area contributed by atoms with Crippen LogP contribution in [0.25, 0.3) is 0 Å². The molecule has 0 fully saturated rings. The minimum absolute atomic E-state index is 0.0352. The van der Waals surface area contributed by atoms with Crippen LogP contribution in [-0.2, 0) is 9.36 Å². The average Bonchev–Trinajstić information content (AvgIpc) is 2.00. The third-order valence-electron chi connectivity index (χ3n) is 1.76. The normalized spacial score (nSPS) is 13.8. The van der Waals surface area contributed by atoms with Crippen molar-refractivity contribution in [2.75, 3.05) is 12.7 Å². The second-order valence-electron chi connectivity index (χ2n) is 2.99. The van der Waals surface area contributed by atoms with Crippen molar-refractivity contribution in [1.82, 2.24) is 5.32 Å². The summed E-state index contributed by atoms with van der Waals surface area (Å²) in [6, 6.07) is 0. The minimum Gasteiger partial charge on any atom is -0.355 e. The van der Waals surface area contributed by atoms with Crippen molar-refractivity contribution in [2.24, 2.45) is 5.92 Å². The number of hydrogen-bond acceptors (Lipinski definition) is 2. The zero-order valence-electron chi connectivity index (χ0n) is 7.86. The van der Waals surface area contributed by atoms with E-state index in [1.807, 2.05) is 6.92 Å². The van der Waals surface area contributed by atoms with Gasteiger partial charge in [-0.05, 0) is 6.42 Å². The first-order valence-corrected chi connectivity index (χ1v) is 5.99. The van der Waals surface area contributed by atoms with Crippen molar-refractivity contribution < 1.29 is 19.1 Å². The van der Waals surface area contributed by atoms with Gasteiger partial charge < -0.3 is 15.1 Å².